The van der Waals surface area contributed by atoms with E-state index in [1.165, 1.54) is 12.1 Å². The molecule has 1 aromatic carbocycles. The van der Waals surface area contributed by atoms with Crippen molar-refractivity contribution in [1.29, 1.82) is 0 Å². The summed E-state index contributed by atoms with van der Waals surface area (Å²) in [6, 6.07) is 5.92. The quantitative estimate of drug-likeness (QED) is 0.634. The molecule has 1 heterocycles. The molecular weight excluding hydrogens is 299 g/mol. The molecule has 0 amide bonds. The summed E-state index contributed by atoms with van der Waals surface area (Å²) in [5.74, 6) is -0.322. The van der Waals surface area contributed by atoms with Crippen LogP contribution in [0, 0.1) is 5.82 Å². The first kappa shape index (κ1) is 13.2. The van der Waals surface area contributed by atoms with Gasteiger partial charge in [0.15, 0.2) is 11.6 Å². The molecule has 2 rings (SSSR count). The second-order valence-corrected chi connectivity index (χ2v) is 4.65. The van der Waals surface area contributed by atoms with Crippen molar-refractivity contribution in [3.63, 3.8) is 0 Å². The van der Waals surface area contributed by atoms with Crippen LogP contribution in [0.25, 0.3) is 0 Å². The third-order valence-corrected chi connectivity index (χ3v) is 2.90. The monoisotopic (exact) mass is 305 g/mol. The lowest BCUT2D eigenvalue weighted by Gasteiger charge is -2.09. The molecule has 2 aromatic rings. The van der Waals surface area contributed by atoms with Crippen molar-refractivity contribution in [2.45, 2.75) is 0 Å². The Kier molecular flexibility index (Phi) is 3.80. The van der Waals surface area contributed by atoms with Crippen LogP contribution in [0.15, 0.2) is 24.3 Å². The highest BCUT2D eigenvalue weighted by molar-refractivity contribution is 6.35. The molecular formula is C11H7Cl3FN3. The maximum atomic E-state index is 13.2. The van der Waals surface area contributed by atoms with Gasteiger partial charge in [-0.1, -0.05) is 34.8 Å². The maximum Gasteiger partial charge on any atom is 0.160 e. The summed E-state index contributed by atoms with van der Waals surface area (Å²) in [7, 11) is 0. The number of hydrogen-bond acceptors (Lipinski definition) is 3. The van der Waals surface area contributed by atoms with Gasteiger partial charge in [-0.05, 0) is 24.3 Å². The highest BCUT2D eigenvalue weighted by Gasteiger charge is 2.09. The summed E-state index contributed by atoms with van der Waals surface area (Å²) < 4.78 is 13.2. The van der Waals surface area contributed by atoms with Gasteiger partial charge in [0.25, 0.3) is 0 Å². The number of benzene rings is 1. The molecule has 1 aromatic heterocycles. The minimum atomic E-state index is -0.670. The lowest BCUT2D eigenvalue weighted by atomic mass is 10.3. The smallest absolute Gasteiger partial charge is 0.160 e. The lowest BCUT2D eigenvalue weighted by molar-refractivity contribution is 0.629. The van der Waals surface area contributed by atoms with Crippen molar-refractivity contribution in [3.8, 4) is 0 Å². The van der Waals surface area contributed by atoms with Gasteiger partial charge in [-0.15, -0.1) is 0 Å². The van der Waals surface area contributed by atoms with Crippen LogP contribution in [0.2, 0.25) is 15.2 Å². The van der Waals surface area contributed by atoms with Gasteiger partial charge in [0.2, 0.25) is 0 Å². The highest BCUT2D eigenvalue weighted by Crippen LogP contribution is 2.30. The minimum absolute atomic E-state index is 0.0920. The van der Waals surface area contributed by atoms with Crippen LogP contribution in [-0.2, 0) is 0 Å². The second-order valence-electron chi connectivity index (χ2n) is 3.45. The van der Waals surface area contributed by atoms with Crippen molar-refractivity contribution in [2.24, 2.45) is 0 Å². The molecule has 18 heavy (non-hydrogen) atoms. The molecule has 0 saturated carbocycles. The van der Waals surface area contributed by atoms with E-state index in [0.29, 0.717) is 17.2 Å². The Labute approximate surface area is 118 Å². The molecule has 0 aliphatic heterocycles. The Bertz CT molecular complexity index is 581. The van der Waals surface area contributed by atoms with E-state index < -0.39 is 5.82 Å². The number of nitrogens with one attached hydrogen (secondary N) is 1. The first-order chi connectivity index (χ1) is 8.47. The number of aromatic nitrogens is 1. The Morgan fingerprint density at radius 1 is 1.11 bits per heavy atom. The Morgan fingerprint density at radius 2 is 1.72 bits per heavy atom. The van der Waals surface area contributed by atoms with Crippen LogP contribution in [0.5, 0.6) is 0 Å². The van der Waals surface area contributed by atoms with Crippen LogP contribution in [0.1, 0.15) is 0 Å². The van der Waals surface area contributed by atoms with E-state index in [-0.39, 0.29) is 15.2 Å². The van der Waals surface area contributed by atoms with Crippen LogP contribution < -0.4 is 11.1 Å². The second kappa shape index (κ2) is 5.18. The molecule has 0 atom stereocenters. The summed E-state index contributed by atoms with van der Waals surface area (Å²) in [5.41, 5.74) is 6.58. The first-order valence-electron chi connectivity index (χ1n) is 4.81. The molecule has 3 N–H and O–H groups in total. The van der Waals surface area contributed by atoms with Crippen LogP contribution in [0.3, 0.4) is 0 Å². The van der Waals surface area contributed by atoms with Crippen LogP contribution in [0.4, 0.5) is 21.6 Å². The van der Waals surface area contributed by atoms with E-state index in [0.717, 1.165) is 0 Å². The van der Waals surface area contributed by atoms with Crippen molar-refractivity contribution in [1.82, 2.24) is 4.98 Å². The molecule has 7 heteroatoms. The maximum absolute atomic E-state index is 13.2. The molecule has 94 valence electrons. The van der Waals surface area contributed by atoms with Gasteiger partial charge in [-0.3, -0.25) is 0 Å². The van der Waals surface area contributed by atoms with Crippen LogP contribution >= 0.6 is 34.8 Å². The fraction of sp³-hybridized carbons (Fsp3) is 0. The average molecular weight is 307 g/mol. The fourth-order valence-electron chi connectivity index (χ4n) is 1.31. The molecule has 0 aliphatic carbocycles. The standard InChI is InChI=1S/C11H7Cl3FN3/c12-6-3-5(4-7(13)10(6)15)17-11-8(16)1-2-9(14)18-11/h1-4H,16H2,(H,17,18). The Morgan fingerprint density at radius 3 is 2.33 bits per heavy atom. The van der Waals surface area contributed by atoms with Crippen LogP contribution in [-0.4, -0.2) is 4.98 Å². The van der Waals surface area contributed by atoms with Gasteiger partial charge < -0.3 is 11.1 Å². The number of halogens is 4. The molecule has 0 spiro atoms. The normalized spacial score (nSPS) is 10.4. The van der Waals surface area contributed by atoms with Gasteiger partial charge in [-0.25, -0.2) is 9.37 Å². The third kappa shape index (κ3) is 2.77. The molecule has 0 saturated heterocycles. The van der Waals surface area contributed by atoms with E-state index in [2.05, 4.69) is 10.3 Å². The molecule has 0 radical (unpaired) electrons. The number of pyridine rings is 1. The molecule has 0 aliphatic rings. The predicted octanol–water partition coefficient (Wildman–Crippen LogP) is 4.51. The SMILES string of the molecule is Nc1ccc(Cl)nc1Nc1cc(Cl)c(F)c(Cl)c1. The van der Waals surface area contributed by atoms with Gasteiger partial charge in [0.1, 0.15) is 5.15 Å². The summed E-state index contributed by atoms with van der Waals surface area (Å²) in [4.78, 5) is 4.00. The number of nitrogens with zero attached hydrogens (tertiary/aromatic N) is 1. The lowest BCUT2D eigenvalue weighted by Crippen LogP contribution is -1.99. The largest absolute Gasteiger partial charge is 0.396 e. The molecule has 0 fully saturated rings. The fourth-order valence-corrected chi connectivity index (χ4v) is 1.95. The highest BCUT2D eigenvalue weighted by atomic mass is 35.5. The molecule has 3 nitrogen and oxygen atoms in total. The zero-order chi connectivity index (χ0) is 13.3. The number of hydrogen-bond donors (Lipinski definition) is 2. The Hall–Kier alpha value is -1.23. The van der Waals surface area contributed by atoms with Crippen molar-refractivity contribution in [2.75, 3.05) is 11.1 Å². The topological polar surface area (TPSA) is 50.9 Å². The van der Waals surface area contributed by atoms with Gasteiger partial charge in [0, 0.05) is 5.69 Å². The van der Waals surface area contributed by atoms with E-state index >= 15 is 0 Å². The molecule has 0 unspecified atom stereocenters. The van der Waals surface area contributed by atoms with Gasteiger partial charge in [0.05, 0.1) is 15.7 Å². The Balaban J connectivity index is 2.37. The van der Waals surface area contributed by atoms with E-state index in [9.17, 15) is 4.39 Å². The van der Waals surface area contributed by atoms with Crippen molar-refractivity contribution >= 4 is 52.0 Å². The summed E-state index contributed by atoms with van der Waals surface area (Å²) >= 11 is 17.1. The van der Waals surface area contributed by atoms with Gasteiger partial charge in [-0.2, -0.15) is 0 Å². The first-order valence-corrected chi connectivity index (χ1v) is 5.94. The summed E-state index contributed by atoms with van der Waals surface area (Å²) in [6.45, 7) is 0. The zero-order valence-corrected chi connectivity index (χ0v) is 11.1. The van der Waals surface area contributed by atoms with Crippen molar-refractivity contribution < 1.29 is 4.39 Å². The third-order valence-electron chi connectivity index (χ3n) is 2.14. The average Bonchev–Trinajstić information content (AvgIpc) is 2.31. The minimum Gasteiger partial charge on any atom is -0.396 e. The van der Waals surface area contributed by atoms with Crippen molar-refractivity contribution in [3.05, 3.63) is 45.3 Å². The molecule has 0 bridgehead atoms. The summed E-state index contributed by atoms with van der Waals surface area (Å²) in [6.07, 6.45) is 0. The van der Waals surface area contributed by atoms with E-state index in [1.807, 2.05) is 0 Å². The van der Waals surface area contributed by atoms with E-state index in [1.54, 1.807) is 12.1 Å². The zero-order valence-electron chi connectivity index (χ0n) is 8.85. The number of nitrogen functional groups attached to an aromatic ring is 1. The number of rotatable bonds is 2. The van der Waals surface area contributed by atoms with E-state index in [4.69, 9.17) is 40.5 Å². The van der Waals surface area contributed by atoms with Gasteiger partial charge >= 0.3 is 0 Å². The number of anilines is 3. The number of nitrogens with two attached hydrogens (primary N) is 1. The predicted molar refractivity (Wildman–Crippen MR) is 73.4 cm³/mol. The summed E-state index contributed by atoms with van der Waals surface area (Å²) in [5, 5.41) is 2.97.